The van der Waals surface area contributed by atoms with Crippen molar-refractivity contribution in [3.8, 4) is 5.75 Å². The number of anilines is 3. The van der Waals surface area contributed by atoms with Crippen molar-refractivity contribution in [1.82, 2.24) is 25.3 Å². The first-order chi connectivity index (χ1) is 43.2. The monoisotopic (exact) mass is 1330 g/mol. The first-order valence-corrected chi connectivity index (χ1v) is 32.9. The number of carbonyl (C=O) groups is 9. The number of carbonyl (C=O) groups excluding carboxylic acids is 9. The summed E-state index contributed by atoms with van der Waals surface area (Å²) in [7, 11) is 8.85. The number of nitrogens with zero attached hydrogens (tertiary/aromatic N) is 4. The van der Waals surface area contributed by atoms with Crippen LogP contribution in [0.2, 0.25) is 5.02 Å². The number of halogens is 1. The predicted molar refractivity (Wildman–Crippen MR) is 346 cm³/mol. The zero-order chi connectivity index (χ0) is 66.7. The van der Waals surface area contributed by atoms with Crippen LogP contribution in [-0.4, -0.2) is 201 Å². The number of likely N-dealkylation sites (N-methyl/N-ethyl adjacent to an activating group) is 3. The first-order valence-electron chi connectivity index (χ1n) is 30.1. The van der Waals surface area contributed by atoms with Crippen LogP contribution in [0.4, 0.5) is 36.2 Å². The summed E-state index contributed by atoms with van der Waals surface area (Å²) < 4.78 is 40.7. The van der Waals surface area contributed by atoms with Crippen molar-refractivity contribution in [2.45, 2.75) is 146 Å². The van der Waals surface area contributed by atoms with E-state index in [4.69, 9.17) is 44.8 Å². The lowest BCUT2D eigenvalue weighted by molar-refractivity contribution is -0.162. The van der Waals surface area contributed by atoms with Crippen molar-refractivity contribution in [3.63, 3.8) is 0 Å². The zero-order valence-corrected chi connectivity index (χ0v) is 56.0. The van der Waals surface area contributed by atoms with Crippen LogP contribution in [0.1, 0.15) is 96.6 Å². The number of alkyl carbamates (subject to hydrolysis) is 1. The summed E-state index contributed by atoms with van der Waals surface area (Å²) in [5.74, 6) is -2.53. The number of epoxide rings is 1. The average molecular weight is 1330 g/mol. The molecule has 3 aliphatic heterocycles. The van der Waals surface area contributed by atoms with Crippen molar-refractivity contribution in [3.05, 3.63) is 82.4 Å². The molecule has 28 heteroatoms. The third-order valence-electron chi connectivity index (χ3n) is 16.3. The van der Waals surface area contributed by atoms with E-state index < -0.39 is 107 Å². The molecule has 2 aromatic rings. The third kappa shape index (κ3) is 20.7. The number of hydrogen-bond donors (Lipinski definition) is 5. The zero-order valence-electron chi connectivity index (χ0n) is 53.6. The van der Waals surface area contributed by atoms with Crippen molar-refractivity contribution in [2.24, 2.45) is 5.92 Å². The minimum Gasteiger partial charge on any atom is -0.495 e. The first kappa shape index (κ1) is 73.0. The van der Waals surface area contributed by atoms with Gasteiger partial charge in [-0.2, -0.15) is 11.8 Å². The van der Waals surface area contributed by atoms with E-state index in [0.717, 1.165) is 48.6 Å². The number of thioether (sulfide) groups is 2. The minimum atomic E-state index is -1.90. The Balaban J connectivity index is 1.03. The molecule has 2 aromatic carbocycles. The van der Waals surface area contributed by atoms with Crippen LogP contribution in [0.15, 0.2) is 66.3 Å². The number of methoxy groups -OCH3 is 2. The van der Waals surface area contributed by atoms with Crippen LogP contribution >= 0.6 is 35.1 Å². The topological polar surface area (TPSA) is 303 Å². The standard InChI is InChI=1S/C63H87ClN8O17S2/c1-38-18-17-21-49(84-10)63(82)35-48(87-59(79)68-63)39(2)56-62(4,89-56)50(34-54(76)72(8)46-32-42(30-38)33-47(83-9)55(46)64)88-57(77)40(3)71(7)53(75)25-29-91-61(81)70(6)28-27-69(5)60(80)85-36-41-22-23-44(67-58(78)86-43-19-15-13-12-14-16-20-43)45(31-41)66-51(73)24-26-65-52(74)37-90-11/h15,17-19,21-23,31-33,39-40,43,48-50,56,82H,12-14,16,20,24-30,34-37H2,1-11H3,(H,65,74)(H,66,73)(H,67,78)(H,68,79)/b19-15+,21-17+,38-18+/t39-,40+,43?,48+,49-,50+,56+,62+,63+/m1/s1. The largest absolute Gasteiger partial charge is 0.495 e. The summed E-state index contributed by atoms with van der Waals surface area (Å²) >= 11 is 9.06. The molecule has 91 heavy (non-hydrogen) atoms. The van der Waals surface area contributed by atoms with Gasteiger partial charge in [-0.15, -0.1) is 0 Å². The van der Waals surface area contributed by atoms with E-state index in [2.05, 4.69) is 21.3 Å². The molecule has 1 aliphatic carbocycles. The Bertz CT molecular complexity index is 3060. The molecule has 5 N–H and O–H groups in total. The molecule has 9 atom stereocenters. The molecule has 0 spiro atoms. The van der Waals surface area contributed by atoms with Crippen LogP contribution in [0.25, 0.3) is 0 Å². The molecule has 1 unspecified atom stereocenters. The highest BCUT2D eigenvalue weighted by Crippen LogP contribution is 2.49. The lowest BCUT2D eigenvalue weighted by atomic mass is 9.83. The van der Waals surface area contributed by atoms with Crippen LogP contribution in [0, 0.1) is 5.92 Å². The van der Waals surface area contributed by atoms with Gasteiger partial charge >= 0.3 is 24.2 Å². The number of ether oxygens (including phenoxy) is 7. The molecule has 0 aromatic heterocycles. The van der Waals surface area contributed by atoms with Crippen LogP contribution in [-0.2, 0) is 65.4 Å². The highest BCUT2D eigenvalue weighted by atomic mass is 35.5. The normalized spacial score (nSPS) is 24.9. The van der Waals surface area contributed by atoms with Gasteiger partial charge in [0.25, 0.3) is 5.24 Å². The fourth-order valence-corrected chi connectivity index (χ4v) is 12.0. The molecule has 0 radical (unpaired) electrons. The van der Waals surface area contributed by atoms with E-state index in [0.29, 0.717) is 29.8 Å². The van der Waals surface area contributed by atoms with Crippen LogP contribution < -0.4 is 30.9 Å². The fourth-order valence-electron chi connectivity index (χ4n) is 10.6. The molecule has 6 rings (SSSR count). The number of esters is 1. The number of hydrogen-bond acceptors (Lipinski definition) is 19. The second kappa shape index (κ2) is 34.0. The van der Waals surface area contributed by atoms with Gasteiger partial charge in [-0.25, -0.2) is 19.2 Å². The minimum absolute atomic E-state index is 0.0354. The Kier molecular flexibility index (Phi) is 27.3. The molecule has 3 heterocycles. The third-order valence-corrected chi connectivity index (χ3v) is 18.2. The fraction of sp³-hybridized carbons (Fsp3) is 0.571. The van der Waals surface area contributed by atoms with E-state index in [1.165, 1.54) is 80.7 Å². The van der Waals surface area contributed by atoms with Gasteiger partial charge in [0.15, 0.2) is 5.72 Å². The highest BCUT2D eigenvalue weighted by molar-refractivity contribution is 8.13. The van der Waals surface area contributed by atoms with E-state index in [1.54, 1.807) is 62.6 Å². The van der Waals surface area contributed by atoms with Gasteiger partial charge in [-0.3, -0.25) is 34.6 Å². The van der Waals surface area contributed by atoms with Crippen molar-refractivity contribution < 1.29 is 81.4 Å². The lowest BCUT2D eigenvalue weighted by Gasteiger charge is -2.42. The van der Waals surface area contributed by atoms with Gasteiger partial charge in [0.2, 0.25) is 23.6 Å². The summed E-state index contributed by atoms with van der Waals surface area (Å²) in [6.45, 7) is 6.82. The Hall–Kier alpha value is -7.04. The molecule has 2 saturated heterocycles. The number of benzene rings is 2. The van der Waals surface area contributed by atoms with E-state index in [-0.39, 0.29) is 79.3 Å². The molecule has 500 valence electrons. The molecular weight excluding hydrogens is 1240 g/mol. The molecule has 2 fully saturated rings. The summed E-state index contributed by atoms with van der Waals surface area (Å²) in [5, 5.41) is 22.3. The summed E-state index contributed by atoms with van der Waals surface area (Å²) in [6.07, 6.45) is 8.40. The van der Waals surface area contributed by atoms with E-state index >= 15 is 0 Å². The van der Waals surface area contributed by atoms with Crippen molar-refractivity contribution in [2.75, 3.05) is 95.3 Å². The summed E-state index contributed by atoms with van der Waals surface area (Å²) in [6, 6.07) is 7.05. The average Bonchev–Trinajstić information content (AvgIpc) is 1.60. The number of rotatable bonds is 21. The van der Waals surface area contributed by atoms with Gasteiger partial charge in [-0.05, 0) is 101 Å². The van der Waals surface area contributed by atoms with Gasteiger partial charge in [-0.1, -0.05) is 72.7 Å². The summed E-state index contributed by atoms with van der Waals surface area (Å²) in [4.78, 5) is 125. The summed E-state index contributed by atoms with van der Waals surface area (Å²) in [5.41, 5.74) is -0.344. The Morgan fingerprint density at radius 2 is 1.70 bits per heavy atom. The molecule has 4 aliphatic rings. The maximum absolute atomic E-state index is 14.4. The Morgan fingerprint density at radius 1 is 0.956 bits per heavy atom. The lowest BCUT2D eigenvalue weighted by Crippen LogP contribution is -2.63. The van der Waals surface area contributed by atoms with Crippen molar-refractivity contribution in [1.29, 1.82) is 0 Å². The maximum Gasteiger partial charge on any atom is 0.412 e. The molecule has 0 saturated carbocycles. The second-order valence-electron chi connectivity index (χ2n) is 23.3. The predicted octanol–water partition coefficient (Wildman–Crippen LogP) is 8.20. The molecule has 25 nitrogen and oxygen atoms in total. The quantitative estimate of drug-likeness (QED) is 0.0340. The SMILES string of the molecule is COc1cc2cc(c1Cl)N(C)C(=O)C[C@H](OC(=O)[C@H](C)N(C)C(=O)CCSC(=O)N(C)CCN(C)C(=O)OCc1ccc(NC(=O)OC3/C=C/CCCCC3)c(NC(=O)CCNC(=O)CSC)c1)[C@]1(C)O[C@H]1[C@H](C)[C@@H]1C[C@@](O)(NC(=O)O1)[C@H](OC)/C=C/C=C(\C)C2. The van der Waals surface area contributed by atoms with Gasteiger partial charge in [0, 0.05) is 85.9 Å². The molecule has 8 amide bonds. The van der Waals surface area contributed by atoms with Gasteiger partial charge in [0.05, 0.1) is 42.4 Å². The molecule has 4 bridgehead atoms. The molecular formula is C63H87ClN8O17S2. The highest BCUT2D eigenvalue weighted by Gasteiger charge is 2.64. The number of allylic oxidation sites excluding steroid dienone is 4. The smallest absolute Gasteiger partial charge is 0.412 e. The number of amides is 8. The van der Waals surface area contributed by atoms with Crippen LogP contribution in [0.3, 0.4) is 0 Å². The van der Waals surface area contributed by atoms with E-state index in [9.17, 15) is 48.3 Å². The number of nitrogens with one attached hydrogen (secondary N) is 4. The van der Waals surface area contributed by atoms with Crippen LogP contribution in [0.5, 0.6) is 5.75 Å². The Morgan fingerprint density at radius 3 is 2.43 bits per heavy atom. The Labute approximate surface area is 545 Å². The van der Waals surface area contributed by atoms with Crippen molar-refractivity contribution >= 4 is 105 Å². The maximum atomic E-state index is 14.4. The second-order valence-corrected chi connectivity index (χ2v) is 25.6. The van der Waals surface area contributed by atoms with E-state index in [1.807, 2.05) is 25.2 Å². The number of fused-ring (bicyclic) bond motifs is 5. The van der Waals surface area contributed by atoms with Gasteiger partial charge in [0.1, 0.15) is 53.4 Å². The van der Waals surface area contributed by atoms with Gasteiger partial charge < -0.3 is 68.5 Å². The number of aliphatic hydroxyl groups is 1.